The highest BCUT2D eigenvalue weighted by molar-refractivity contribution is 5.43. The summed E-state index contributed by atoms with van der Waals surface area (Å²) >= 11 is 0. The molecule has 2 aromatic rings. The second kappa shape index (κ2) is 6.05. The Bertz CT molecular complexity index is 627. The minimum absolute atomic E-state index is 0.185. The molecule has 1 aromatic carbocycles. The van der Waals surface area contributed by atoms with Crippen LogP contribution in [0.5, 0.6) is 0 Å². The van der Waals surface area contributed by atoms with E-state index in [4.69, 9.17) is 0 Å². The van der Waals surface area contributed by atoms with Crippen molar-refractivity contribution in [2.45, 2.75) is 32.3 Å². The van der Waals surface area contributed by atoms with Gasteiger partial charge in [0.05, 0.1) is 11.3 Å². The van der Waals surface area contributed by atoms with Gasteiger partial charge in [-0.3, -0.25) is 4.98 Å². The molecule has 22 heavy (non-hydrogen) atoms. The number of aromatic nitrogens is 2. The zero-order valence-electron chi connectivity index (χ0n) is 13.2. The van der Waals surface area contributed by atoms with Gasteiger partial charge in [-0.25, -0.2) is 4.98 Å². The number of hydrogen-bond acceptors (Lipinski definition) is 4. The van der Waals surface area contributed by atoms with Crippen LogP contribution in [0.15, 0.2) is 42.7 Å². The highest BCUT2D eigenvalue weighted by Gasteiger charge is 2.38. The molecule has 1 aliphatic heterocycles. The normalized spacial score (nSPS) is 25.2. The summed E-state index contributed by atoms with van der Waals surface area (Å²) in [5.41, 5.74) is 1.58. The van der Waals surface area contributed by atoms with Gasteiger partial charge < -0.3 is 10.0 Å². The van der Waals surface area contributed by atoms with Crippen molar-refractivity contribution in [2.75, 3.05) is 18.0 Å². The average Bonchev–Trinajstić information content (AvgIpc) is 2.51. The Labute approximate surface area is 131 Å². The van der Waals surface area contributed by atoms with Crippen LogP contribution >= 0.6 is 0 Å². The molecule has 3 rings (SSSR count). The third-order valence-electron chi connectivity index (χ3n) is 4.69. The standard InChI is InChI=1S/C18H23N3O/c1-14-17(20-10-9-19-14)21-11-8-18(2,22)16(13-21)12-15-6-4-3-5-7-15/h3-7,9-10,16,22H,8,11-13H2,1-2H3/t16-,18+/m0/s1. The summed E-state index contributed by atoms with van der Waals surface area (Å²) in [4.78, 5) is 11.1. The van der Waals surface area contributed by atoms with Gasteiger partial charge >= 0.3 is 0 Å². The fourth-order valence-electron chi connectivity index (χ4n) is 3.21. The van der Waals surface area contributed by atoms with E-state index in [1.54, 1.807) is 12.4 Å². The Morgan fingerprint density at radius 1 is 1.23 bits per heavy atom. The number of aryl methyl sites for hydroxylation is 1. The lowest BCUT2D eigenvalue weighted by molar-refractivity contribution is -0.0168. The van der Waals surface area contributed by atoms with Crippen molar-refractivity contribution >= 4 is 5.82 Å². The number of aliphatic hydroxyl groups is 1. The van der Waals surface area contributed by atoms with Crippen molar-refractivity contribution in [3.8, 4) is 0 Å². The van der Waals surface area contributed by atoms with Gasteiger partial charge in [-0.15, -0.1) is 0 Å². The highest BCUT2D eigenvalue weighted by Crippen LogP contribution is 2.32. The number of piperidine rings is 1. The summed E-state index contributed by atoms with van der Waals surface area (Å²) in [6, 6.07) is 10.4. The summed E-state index contributed by atoms with van der Waals surface area (Å²) < 4.78 is 0. The molecule has 1 fully saturated rings. The second-order valence-corrected chi connectivity index (χ2v) is 6.41. The van der Waals surface area contributed by atoms with Crippen LogP contribution in [0.3, 0.4) is 0 Å². The van der Waals surface area contributed by atoms with Gasteiger partial charge in [-0.2, -0.15) is 0 Å². The first-order valence-electron chi connectivity index (χ1n) is 7.85. The SMILES string of the molecule is Cc1nccnc1N1CC[C@@](C)(O)[C@@H](Cc2ccccc2)C1. The molecule has 0 radical (unpaired) electrons. The minimum atomic E-state index is -0.636. The van der Waals surface area contributed by atoms with Gasteiger partial charge in [0.15, 0.2) is 0 Å². The molecule has 4 heteroatoms. The molecule has 116 valence electrons. The van der Waals surface area contributed by atoms with Crippen LogP contribution in [0, 0.1) is 12.8 Å². The van der Waals surface area contributed by atoms with Crippen molar-refractivity contribution in [1.29, 1.82) is 0 Å². The smallest absolute Gasteiger partial charge is 0.150 e. The molecule has 0 amide bonds. The lowest BCUT2D eigenvalue weighted by Crippen LogP contribution is -2.51. The molecule has 0 unspecified atom stereocenters. The van der Waals surface area contributed by atoms with Crippen LogP contribution in [0.1, 0.15) is 24.6 Å². The number of rotatable bonds is 3. The van der Waals surface area contributed by atoms with Gasteiger partial charge in [0.25, 0.3) is 0 Å². The summed E-state index contributed by atoms with van der Waals surface area (Å²) in [5.74, 6) is 1.13. The monoisotopic (exact) mass is 297 g/mol. The molecule has 1 N–H and O–H groups in total. The molecular formula is C18H23N3O. The van der Waals surface area contributed by atoms with E-state index in [2.05, 4.69) is 39.1 Å². The zero-order valence-corrected chi connectivity index (χ0v) is 13.2. The third-order valence-corrected chi connectivity index (χ3v) is 4.69. The zero-order chi connectivity index (χ0) is 15.6. The van der Waals surface area contributed by atoms with E-state index in [-0.39, 0.29) is 5.92 Å². The van der Waals surface area contributed by atoms with Crippen LogP contribution in [-0.2, 0) is 6.42 Å². The van der Waals surface area contributed by atoms with Gasteiger partial charge in [0.2, 0.25) is 0 Å². The van der Waals surface area contributed by atoms with E-state index in [9.17, 15) is 5.11 Å². The van der Waals surface area contributed by atoms with E-state index in [0.717, 1.165) is 37.4 Å². The third kappa shape index (κ3) is 3.12. The molecular weight excluding hydrogens is 274 g/mol. The Balaban J connectivity index is 1.80. The molecule has 4 nitrogen and oxygen atoms in total. The Kier molecular flexibility index (Phi) is 4.12. The first-order chi connectivity index (χ1) is 10.6. The van der Waals surface area contributed by atoms with Crippen LogP contribution < -0.4 is 4.90 Å². The van der Waals surface area contributed by atoms with E-state index in [1.165, 1.54) is 5.56 Å². The Hall–Kier alpha value is -1.94. The van der Waals surface area contributed by atoms with Gasteiger partial charge in [-0.1, -0.05) is 30.3 Å². The van der Waals surface area contributed by atoms with E-state index < -0.39 is 5.60 Å². The summed E-state index contributed by atoms with van der Waals surface area (Å²) in [6.07, 6.45) is 5.09. The van der Waals surface area contributed by atoms with Crippen molar-refractivity contribution in [3.05, 3.63) is 54.0 Å². The molecule has 1 saturated heterocycles. The predicted molar refractivity (Wildman–Crippen MR) is 87.9 cm³/mol. The first-order valence-corrected chi connectivity index (χ1v) is 7.85. The average molecular weight is 297 g/mol. The topological polar surface area (TPSA) is 49.2 Å². The maximum absolute atomic E-state index is 10.8. The number of hydrogen-bond donors (Lipinski definition) is 1. The van der Waals surface area contributed by atoms with E-state index >= 15 is 0 Å². The largest absolute Gasteiger partial charge is 0.390 e. The van der Waals surface area contributed by atoms with Crippen LogP contribution in [0.4, 0.5) is 5.82 Å². The van der Waals surface area contributed by atoms with Crippen LogP contribution in [-0.4, -0.2) is 33.8 Å². The lowest BCUT2D eigenvalue weighted by Gasteiger charge is -2.43. The molecule has 0 saturated carbocycles. The number of anilines is 1. The maximum Gasteiger partial charge on any atom is 0.150 e. The van der Waals surface area contributed by atoms with E-state index in [1.807, 2.05) is 19.9 Å². The highest BCUT2D eigenvalue weighted by atomic mass is 16.3. The quantitative estimate of drug-likeness (QED) is 0.946. The molecule has 2 atom stereocenters. The van der Waals surface area contributed by atoms with Gasteiger partial charge in [0.1, 0.15) is 5.82 Å². The number of nitrogens with zero attached hydrogens (tertiary/aromatic N) is 3. The first kappa shape index (κ1) is 15.0. The Morgan fingerprint density at radius 3 is 2.68 bits per heavy atom. The summed E-state index contributed by atoms with van der Waals surface area (Å²) in [7, 11) is 0. The van der Waals surface area contributed by atoms with Crippen molar-refractivity contribution in [2.24, 2.45) is 5.92 Å². The van der Waals surface area contributed by atoms with Crippen molar-refractivity contribution in [1.82, 2.24) is 9.97 Å². The summed E-state index contributed by atoms with van der Waals surface area (Å²) in [6.45, 7) is 5.57. The van der Waals surface area contributed by atoms with Gasteiger partial charge in [0, 0.05) is 31.4 Å². The fraction of sp³-hybridized carbons (Fsp3) is 0.444. The van der Waals surface area contributed by atoms with Gasteiger partial charge in [-0.05, 0) is 32.3 Å². The minimum Gasteiger partial charge on any atom is -0.390 e. The molecule has 0 aliphatic carbocycles. The molecule has 0 spiro atoms. The van der Waals surface area contributed by atoms with Crippen molar-refractivity contribution < 1.29 is 5.11 Å². The van der Waals surface area contributed by atoms with Crippen molar-refractivity contribution in [3.63, 3.8) is 0 Å². The molecule has 1 aliphatic rings. The maximum atomic E-state index is 10.8. The molecule has 1 aromatic heterocycles. The fourth-order valence-corrected chi connectivity index (χ4v) is 3.21. The Morgan fingerprint density at radius 2 is 1.95 bits per heavy atom. The second-order valence-electron chi connectivity index (χ2n) is 6.41. The van der Waals surface area contributed by atoms with Crippen LogP contribution in [0.25, 0.3) is 0 Å². The van der Waals surface area contributed by atoms with E-state index in [0.29, 0.717) is 0 Å². The summed E-state index contributed by atoms with van der Waals surface area (Å²) in [5, 5.41) is 10.8. The number of benzene rings is 1. The lowest BCUT2D eigenvalue weighted by atomic mass is 9.79. The van der Waals surface area contributed by atoms with Crippen LogP contribution in [0.2, 0.25) is 0 Å². The molecule has 0 bridgehead atoms. The predicted octanol–water partition coefficient (Wildman–Crippen LogP) is 2.61. The molecule has 2 heterocycles.